The van der Waals surface area contributed by atoms with E-state index in [9.17, 15) is 4.79 Å². The highest BCUT2D eigenvalue weighted by Crippen LogP contribution is 2.44. The number of benzene rings is 3. The lowest BCUT2D eigenvalue weighted by Gasteiger charge is -2.36. The van der Waals surface area contributed by atoms with Crippen LogP contribution in [0.2, 0.25) is 0 Å². The maximum atomic E-state index is 12.5. The number of amides is 1. The zero-order valence-electron chi connectivity index (χ0n) is 18.9. The number of hydrogen-bond acceptors (Lipinski definition) is 5. The van der Waals surface area contributed by atoms with Crippen molar-refractivity contribution < 1.29 is 14.3 Å². The second-order valence-electron chi connectivity index (χ2n) is 8.79. The number of carbonyl (C=O) groups is 1. The molecule has 2 aliphatic rings. The molecule has 0 aliphatic carbocycles. The summed E-state index contributed by atoms with van der Waals surface area (Å²) in [5.74, 6) is 1.62. The van der Waals surface area contributed by atoms with Gasteiger partial charge in [-0.15, -0.1) is 0 Å². The monoisotopic (exact) mass is 443 g/mol. The Morgan fingerprint density at radius 1 is 0.909 bits per heavy atom. The van der Waals surface area contributed by atoms with Gasteiger partial charge in [-0.05, 0) is 35.7 Å². The van der Waals surface area contributed by atoms with E-state index in [-0.39, 0.29) is 30.0 Å². The van der Waals surface area contributed by atoms with Crippen molar-refractivity contribution in [1.82, 2.24) is 16.2 Å². The first-order valence-corrected chi connectivity index (χ1v) is 11.3. The summed E-state index contributed by atoms with van der Waals surface area (Å²) in [6.45, 7) is 2.54. The number of piperidine rings is 1. The third-order valence-corrected chi connectivity index (χ3v) is 6.64. The Bertz CT molecular complexity index is 1120. The summed E-state index contributed by atoms with van der Waals surface area (Å²) in [5, 5.41) is 3.09. The Hall–Kier alpha value is -3.35. The summed E-state index contributed by atoms with van der Waals surface area (Å²) in [7, 11) is 1.65. The number of ether oxygens (including phenoxy) is 2. The van der Waals surface area contributed by atoms with Gasteiger partial charge in [-0.3, -0.25) is 4.79 Å². The Morgan fingerprint density at radius 2 is 1.70 bits per heavy atom. The van der Waals surface area contributed by atoms with Crippen molar-refractivity contribution in [3.05, 3.63) is 95.1 Å². The third-order valence-electron chi connectivity index (χ3n) is 6.64. The normalized spacial score (nSPS) is 24.1. The molecule has 0 spiro atoms. The molecule has 4 unspecified atom stereocenters. The minimum Gasteiger partial charge on any atom is -0.493 e. The molecule has 4 atom stereocenters. The van der Waals surface area contributed by atoms with Crippen LogP contribution in [0.4, 0.5) is 0 Å². The first-order chi connectivity index (χ1) is 16.1. The van der Waals surface area contributed by atoms with E-state index in [4.69, 9.17) is 9.47 Å². The molecule has 6 nitrogen and oxygen atoms in total. The van der Waals surface area contributed by atoms with Crippen molar-refractivity contribution >= 4 is 5.91 Å². The highest BCUT2D eigenvalue weighted by Gasteiger charge is 2.46. The minimum atomic E-state index is -0.134. The number of hydrazine groups is 1. The van der Waals surface area contributed by atoms with Crippen LogP contribution in [0.25, 0.3) is 0 Å². The fourth-order valence-electron chi connectivity index (χ4n) is 4.92. The van der Waals surface area contributed by atoms with Gasteiger partial charge in [0.1, 0.15) is 6.61 Å². The van der Waals surface area contributed by atoms with Crippen molar-refractivity contribution in [2.24, 2.45) is 5.92 Å². The van der Waals surface area contributed by atoms with Crippen molar-refractivity contribution in [3.63, 3.8) is 0 Å². The van der Waals surface area contributed by atoms with Crippen molar-refractivity contribution in [2.45, 2.75) is 38.1 Å². The summed E-state index contributed by atoms with van der Waals surface area (Å²) in [5.41, 5.74) is 11.3. The average Bonchev–Trinajstić information content (AvgIpc) is 3.27. The zero-order valence-corrected chi connectivity index (χ0v) is 18.9. The van der Waals surface area contributed by atoms with Crippen LogP contribution in [0, 0.1) is 12.8 Å². The molecule has 3 aromatic rings. The number of hydrogen-bond donors (Lipinski definition) is 3. The summed E-state index contributed by atoms with van der Waals surface area (Å²) in [4.78, 5) is 12.5. The van der Waals surface area contributed by atoms with Gasteiger partial charge in [0.2, 0.25) is 5.91 Å². The van der Waals surface area contributed by atoms with Gasteiger partial charge in [0.25, 0.3) is 0 Å². The quantitative estimate of drug-likeness (QED) is 0.538. The molecule has 33 heavy (non-hydrogen) atoms. The summed E-state index contributed by atoms with van der Waals surface area (Å²) < 4.78 is 11.7. The summed E-state index contributed by atoms with van der Waals surface area (Å²) >= 11 is 0. The smallest absolute Gasteiger partial charge is 0.221 e. The number of methoxy groups -OCH3 is 1. The first-order valence-electron chi connectivity index (χ1n) is 11.3. The average molecular weight is 444 g/mol. The van der Waals surface area contributed by atoms with E-state index >= 15 is 0 Å². The van der Waals surface area contributed by atoms with Crippen LogP contribution >= 0.6 is 0 Å². The number of carbonyl (C=O) groups excluding carboxylic acids is 1. The maximum Gasteiger partial charge on any atom is 0.221 e. The zero-order chi connectivity index (χ0) is 22.8. The molecule has 2 saturated heterocycles. The summed E-state index contributed by atoms with van der Waals surface area (Å²) in [6, 6.07) is 24.8. The molecule has 0 saturated carbocycles. The molecule has 2 fully saturated rings. The molecule has 2 heterocycles. The minimum absolute atomic E-state index is 0.0384. The molecular formula is C27H29N3O3. The van der Waals surface area contributed by atoms with Crippen LogP contribution in [-0.2, 0) is 11.4 Å². The lowest BCUT2D eigenvalue weighted by atomic mass is 9.74. The highest BCUT2D eigenvalue weighted by atomic mass is 16.5. The van der Waals surface area contributed by atoms with Gasteiger partial charge in [-0.25, -0.2) is 10.9 Å². The molecule has 1 amide bonds. The lowest BCUT2D eigenvalue weighted by Crippen LogP contribution is -2.52. The first kappa shape index (κ1) is 21.5. The van der Waals surface area contributed by atoms with E-state index in [1.165, 1.54) is 11.1 Å². The van der Waals surface area contributed by atoms with Crippen LogP contribution in [0.3, 0.4) is 0 Å². The molecule has 3 N–H and O–H groups in total. The Labute approximate surface area is 194 Å². The fourth-order valence-corrected chi connectivity index (χ4v) is 4.92. The molecule has 0 radical (unpaired) electrons. The summed E-state index contributed by atoms with van der Waals surface area (Å²) in [6.07, 6.45) is 0.297. The van der Waals surface area contributed by atoms with Gasteiger partial charge in [-0.1, -0.05) is 66.2 Å². The topological polar surface area (TPSA) is 71.6 Å². The second-order valence-corrected chi connectivity index (χ2v) is 8.79. The Balaban J connectivity index is 1.40. The van der Waals surface area contributed by atoms with E-state index in [1.807, 2.05) is 30.3 Å². The molecule has 3 aromatic carbocycles. The predicted octanol–water partition coefficient (Wildman–Crippen LogP) is 3.98. The molecule has 5 rings (SSSR count). The van der Waals surface area contributed by atoms with Crippen LogP contribution in [0.5, 0.6) is 11.5 Å². The predicted molar refractivity (Wildman–Crippen MR) is 127 cm³/mol. The second kappa shape index (κ2) is 9.25. The molecular weight excluding hydrogens is 414 g/mol. The van der Waals surface area contributed by atoms with Gasteiger partial charge in [-0.2, -0.15) is 0 Å². The number of fused-ring (bicyclic) bond motifs is 1. The van der Waals surface area contributed by atoms with Crippen LogP contribution in [0.15, 0.2) is 72.8 Å². The van der Waals surface area contributed by atoms with Gasteiger partial charge < -0.3 is 14.8 Å². The SMILES string of the molecule is COc1cc(C2CC(=O)NC3NNC(c4ccccc4)C32)ccc1OCc1ccc(C)cc1. The van der Waals surface area contributed by atoms with Crippen LogP contribution < -0.4 is 25.6 Å². The van der Waals surface area contributed by atoms with Gasteiger partial charge in [0, 0.05) is 18.3 Å². The van der Waals surface area contributed by atoms with Crippen LogP contribution in [-0.4, -0.2) is 19.2 Å². The lowest BCUT2D eigenvalue weighted by molar-refractivity contribution is -0.125. The van der Waals surface area contributed by atoms with Gasteiger partial charge in [0.05, 0.1) is 19.3 Å². The number of aryl methyl sites for hydroxylation is 1. The number of rotatable bonds is 6. The van der Waals surface area contributed by atoms with E-state index in [2.05, 4.69) is 65.6 Å². The largest absolute Gasteiger partial charge is 0.493 e. The highest BCUT2D eigenvalue weighted by molar-refractivity contribution is 5.78. The standard InChI is InChI=1S/C27H29N3O3/c1-17-8-10-18(11-9-17)16-33-22-13-12-20(14-23(22)32-2)21-15-24(31)28-27-25(21)26(29-30-27)19-6-4-3-5-7-19/h3-14,21,25-27,29-30H,15-16H2,1-2H3,(H,28,31). The van der Waals surface area contributed by atoms with E-state index in [0.717, 1.165) is 11.1 Å². The maximum absolute atomic E-state index is 12.5. The molecule has 0 bridgehead atoms. The molecule has 2 aliphatic heterocycles. The van der Waals surface area contributed by atoms with Crippen molar-refractivity contribution in [1.29, 1.82) is 0 Å². The van der Waals surface area contributed by atoms with Crippen molar-refractivity contribution in [2.75, 3.05) is 7.11 Å². The van der Waals surface area contributed by atoms with E-state index in [1.54, 1.807) is 7.11 Å². The van der Waals surface area contributed by atoms with Crippen molar-refractivity contribution in [3.8, 4) is 11.5 Å². The van der Waals surface area contributed by atoms with E-state index in [0.29, 0.717) is 24.5 Å². The van der Waals surface area contributed by atoms with Gasteiger partial charge in [0.15, 0.2) is 11.5 Å². The third kappa shape index (κ3) is 4.45. The molecule has 6 heteroatoms. The van der Waals surface area contributed by atoms with E-state index < -0.39 is 0 Å². The Kier molecular flexibility index (Phi) is 6.03. The Morgan fingerprint density at radius 3 is 2.45 bits per heavy atom. The van der Waals surface area contributed by atoms with Crippen LogP contribution in [0.1, 0.15) is 40.6 Å². The van der Waals surface area contributed by atoms with Gasteiger partial charge >= 0.3 is 0 Å². The molecule has 170 valence electrons. The molecule has 0 aromatic heterocycles. The fraction of sp³-hybridized carbons (Fsp3) is 0.296. The number of nitrogens with one attached hydrogen (secondary N) is 3.